The van der Waals surface area contributed by atoms with E-state index in [1.165, 1.54) is 0 Å². The number of amides is 2. The fraction of sp³-hybridized carbons (Fsp3) is 0.458. The predicted octanol–water partition coefficient (Wildman–Crippen LogP) is 2.10. The molecule has 6 nitrogen and oxygen atoms in total. The van der Waals surface area contributed by atoms with E-state index in [9.17, 15) is 9.59 Å². The molecule has 1 aliphatic heterocycles. The number of thiazole rings is 1. The zero-order chi connectivity index (χ0) is 21.2. The van der Waals surface area contributed by atoms with Gasteiger partial charge in [0.1, 0.15) is 6.04 Å². The standard InChI is InChI=1S/C22H29N4O2S.2CH3.Cs/c1-14-18(29-13-25-14)16-9-7-15(8-10-16)12-24-20(27)17-6-5-11-26(17)21(28)19(23)22(2,3)4;;;/h7-10,13,17,19,23H,5-6,11-12H2,1-4H3,(H,24,27);2*1H3;/q3*-1;+1/t17-,19+;;;/m0.../s1. The van der Waals surface area contributed by atoms with Crippen molar-refractivity contribution in [2.45, 2.75) is 59.2 Å². The van der Waals surface area contributed by atoms with Gasteiger partial charge in [0.15, 0.2) is 0 Å². The van der Waals surface area contributed by atoms with Crippen molar-refractivity contribution >= 4 is 23.2 Å². The van der Waals surface area contributed by atoms with E-state index in [2.05, 4.69) is 10.3 Å². The Morgan fingerprint density at radius 3 is 2.41 bits per heavy atom. The third-order valence-corrected chi connectivity index (χ3v) is 6.36. The number of aromatic nitrogens is 1. The maximum absolute atomic E-state index is 12.7. The number of likely N-dealkylation sites (tertiary alicyclic amines) is 1. The Balaban J connectivity index is 0.00000320. The van der Waals surface area contributed by atoms with E-state index in [0.717, 1.165) is 28.1 Å². The van der Waals surface area contributed by atoms with Crippen molar-refractivity contribution in [2.24, 2.45) is 5.41 Å². The molecule has 0 unspecified atom stereocenters. The molecule has 1 saturated heterocycles. The van der Waals surface area contributed by atoms with Gasteiger partial charge in [-0.3, -0.25) is 9.59 Å². The van der Waals surface area contributed by atoms with Gasteiger partial charge in [-0.15, -0.1) is 11.3 Å². The molecule has 0 aliphatic carbocycles. The van der Waals surface area contributed by atoms with Gasteiger partial charge in [0.2, 0.25) is 11.8 Å². The van der Waals surface area contributed by atoms with E-state index in [-0.39, 0.29) is 95.6 Å². The molecule has 2 N–H and O–H groups in total. The van der Waals surface area contributed by atoms with Crippen LogP contribution in [-0.4, -0.2) is 40.3 Å². The van der Waals surface area contributed by atoms with Crippen LogP contribution in [0.25, 0.3) is 16.2 Å². The van der Waals surface area contributed by atoms with E-state index in [4.69, 9.17) is 5.73 Å². The largest absolute Gasteiger partial charge is 1.00 e. The number of carbonyl (C=O) groups is 2. The van der Waals surface area contributed by atoms with Crippen LogP contribution in [0.5, 0.6) is 0 Å². The monoisotopic (exact) mass is 576 g/mol. The minimum absolute atomic E-state index is 0. The van der Waals surface area contributed by atoms with Gasteiger partial charge in [-0.25, -0.2) is 4.98 Å². The molecule has 0 saturated carbocycles. The number of nitrogens with zero attached hydrogens (tertiary/aromatic N) is 2. The SMILES string of the molecule is Cc1ncsc1-c1ccc(CNC(=O)[C@@H]2CCCN2C(=O)[C@@H]([NH-])C(C)(C)C)cc1.[CH3-].[CH3-].[Cs+]. The first kappa shape index (κ1) is 31.8. The van der Waals surface area contributed by atoms with Gasteiger partial charge in [0.25, 0.3) is 0 Å². The molecule has 0 spiro atoms. The minimum Gasteiger partial charge on any atom is -0.666 e. The van der Waals surface area contributed by atoms with Gasteiger partial charge in [-0.05, 0) is 36.3 Å². The van der Waals surface area contributed by atoms with Crippen LogP contribution >= 0.6 is 11.3 Å². The zero-order valence-corrected chi connectivity index (χ0v) is 27.6. The first-order chi connectivity index (χ1) is 13.7. The molecule has 172 valence electrons. The fourth-order valence-electron chi connectivity index (χ4n) is 3.50. The van der Waals surface area contributed by atoms with Crippen LogP contribution in [0, 0.1) is 27.2 Å². The third kappa shape index (κ3) is 7.66. The topological polar surface area (TPSA) is 86.1 Å². The number of rotatable bonds is 5. The van der Waals surface area contributed by atoms with Crippen LogP contribution in [0.15, 0.2) is 29.8 Å². The van der Waals surface area contributed by atoms with Crippen molar-refractivity contribution < 1.29 is 78.5 Å². The molecule has 2 atom stereocenters. The number of hydrogen-bond donors (Lipinski definition) is 1. The molecule has 1 fully saturated rings. The van der Waals surface area contributed by atoms with Gasteiger partial charge in [-0.1, -0.05) is 51.1 Å². The minimum atomic E-state index is -0.862. The van der Waals surface area contributed by atoms with Gasteiger partial charge in [0.05, 0.1) is 16.1 Å². The average molecular weight is 577 g/mol. The Morgan fingerprint density at radius 1 is 1.25 bits per heavy atom. The van der Waals surface area contributed by atoms with Gasteiger partial charge in [-0.2, -0.15) is 0 Å². The van der Waals surface area contributed by atoms with Crippen molar-refractivity contribution in [3.05, 3.63) is 61.6 Å². The van der Waals surface area contributed by atoms with Crippen LogP contribution in [-0.2, 0) is 16.1 Å². The summed E-state index contributed by atoms with van der Waals surface area (Å²) in [6.45, 7) is 8.60. The van der Waals surface area contributed by atoms with Gasteiger partial charge in [0, 0.05) is 13.1 Å². The van der Waals surface area contributed by atoms with Crippen LogP contribution in [0.1, 0.15) is 44.9 Å². The molecule has 8 heteroatoms. The molecule has 32 heavy (non-hydrogen) atoms. The summed E-state index contributed by atoms with van der Waals surface area (Å²) in [5, 5.41) is 2.97. The van der Waals surface area contributed by atoms with Crippen LogP contribution in [0.2, 0.25) is 0 Å². The zero-order valence-electron chi connectivity index (χ0n) is 20.5. The Labute approximate surface area is 256 Å². The van der Waals surface area contributed by atoms with Crippen molar-refractivity contribution in [1.82, 2.24) is 15.2 Å². The summed E-state index contributed by atoms with van der Waals surface area (Å²) in [6, 6.07) is 6.76. The molecule has 1 aromatic heterocycles. The molecule has 2 amide bonds. The molecule has 0 radical (unpaired) electrons. The van der Waals surface area contributed by atoms with E-state index < -0.39 is 17.5 Å². The van der Waals surface area contributed by atoms with Gasteiger partial charge < -0.3 is 30.8 Å². The second-order valence-corrected chi connectivity index (χ2v) is 9.53. The van der Waals surface area contributed by atoms with Crippen LogP contribution < -0.4 is 74.2 Å². The molecular formula is C24H35CsN4O2S-2. The summed E-state index contributed by atoms with van der Waals surface area (Å²) in [5.41, 5.74) is 12.8. The van der Waals surface area contributed by atoms with E-state index in [0.29, 0.717) is 19.5 Å². The maximum Gasteiger partial charge on any atom is 1.00 e. The third-order valence-electron chi connectivity index (χ3n) is 5.38. The second kappa shape index (κ2) is 13.6. The Bertz CT molecular complexity index is 877. The summed E-state index contributed by atoms with van der Waals surface area (Å²) in [5.74, 6) is -0.390. The molecule has 3 rings (SSSR count). The normalized spacial score (nSPS) is 16.3. The predicted molar refractivity (Wildman–Crippen MR) is 129 cm³/mol. The Morgan fingerprint density at radius 2 is 1.88 bits per heavy atom. The number of hydrogen-bond acceptors (Lipinski definition) is 4. The number of nitrogens with one attached hydrogen (secondary N) is 2. The fourth-order valence-corrected chi connectivity index (χ4v) is 4.31. The summed E-state index contributed by atoms with van der Waals surface area (Å²) in [4.78, 5) is 32.5. The average Bonchev–Trinajstić information content (AvgIpc) is 3.33. The maximum atomic E-state index is 12.7. The molecule has 0 bridgehead atoms. The molecule has 1 aliphatic rings. The number of benzene rings is 1. The second-order valence-electron chi connectivity index (χ2n) is 8.67. The smallest absolute Gasteiger partial charge is 0.666 e. The van der Waals surface area contributed by atoms with Crippen molar-refractivity contribution in [1.29, 1.82) is 0 Å². The van der Waals surface area contributed by atoms with Crippen LogP contribution in [0.4, 0.5) is 0 Å². The first-order valence-electron chi connectivity index (χ1n) is 9.97. The number of carbonyl (C=O) groups excluding carboxylic acids is 2. The number of aryl methyl sites for hydroxylation is 1. The Hall–Kier alpha value is -0.198. The van der Waals surface area contributed by atoms with Crippen molar-refractivity contribution in [3.63, 3.8) is 0 Å². The molecule has 2 heterocycles. The molecular weight excluding hydrogens is 541 g/mol. The van der Waals surface area contributed by atoms with Crippen LogP contribution in [0.3, 0.4) is 0 Å². The van der Waals surface area contributed by atoms with Crippen molar-refractivity contribution in [3.8, 4) is 10.4 Å². The van der Waals surface area contributed by atoms with E-state index in [1.807, 2.05) is 57.5 Å². The Kier molecular flexibility index (Phi) is 13.5. The summed E-state index contributed by atoms with van der Waals surface area (Å²) >= 11 is 1.62. The quantitative estimate of drug-likeness (QED) is 0.554. The van der Waals surface area contributed by atoms with E-state index in [1.54, 1.807) is 16.2 Å². The van der Waals surface area contributed by atoms with Gasteiger partial charge >= 0.3 is 68.9 Å². The molecule has 2 aromatic rings. The summed E-state index contributed by atoms with van der Waals surface area (Å²) in [6.07, 6.45) is 1.45. The van der Waals surface area contributed by atoms with Crippen molar-refractivity contribution in [2.75, 3.05) is 6.54 Å². The first-order valence-corrected chi connectivity index (χ1v) is 10.8. The summed E-state index contributed by atoms with van der Waals surface area (Å²) < 4.78 is 0. The summed E-state index contributed by atoms with van der Waals surface area (Å²) in [7, 11) is 0. The van der Waals surface area contributed by atoms with E-state index >= 15 is 0 Å². The molecule has 1 aromatic carbocycles.